The van der Waals surface area contributed by atoms with E-state index in [9.17, 15) is 48.3 Å². The number of unbranched alkanes of at least 4 members (excludes halogenated alkanes) is 1. The minimum Gasteiger partial charge on any atom is -0.480 e. The number of nitrogens with zero attached hydrogens (tertiary/aromatic N) is 3. The van der Waals surface area contributed by atoms with Crippen LogP contribution in [0.1, 0.15) is 88.7 Å². The van der Waals surface area contributed by atoms with Crippen molar-refractivity contribution < 1.29 is 48.3 Å². The number of carbonyl (C=O) groups excluding carboxylic acids is 8. The van der Waals surface area contributed by atoms with Gasteiger partial charge in [-0.15, -0.1) is 0 Å². The van der Waals surface area contributed by atoms with Gasteiger partial charge < -0.3 is 98.9 Å². The third kappa shape index (κ3) is 24.9. The molecular weight excluding hydrogens is 1060 g/mol. The van der Waals surface area contributed by atoms with Gasteiger partial charge in [0.2, 0.25) is 47.3 Å². The quantitative estimate of drug-likeness (QED) is 0.0146. The fraction of sp³-hybridized carbons (Fsp3) is 0.500. The Labute approximate surface area is 474 Å². The van der Waals surface area contributed by atoms with Crippen LogP contribution in [0.15, 0.2) is 75.8 Å². The highest BCUT2D eigenvalue weighted by molar-refractivity contribution is 5.98. The van der Waals surface area contributed by atoms with E-state index in [0.29, 0.717) is 24.9 Å². The zero-order valence-corrected chi connectivity index (χ0v) is 46.1. The van der Waals surface area contributed by atoms with E-state index in [1.165, 1.54) is 6.92 Å². The van der Waals surface area contributed by atoms with Crippen molar-refractivity contribution >= 4 is 82.0 Å². The number of benzene rings is 2. The van der Waals surface area contributed by atoms with E-state index in [-0.39, 0.29) is 102 Å². The molecule has 0 aliphatic carbocycles. The molecule has 30 nitrogen and oxygen atoms in total. The van der Waals surface area contributed by atoms with E-state index in [4.69, 9.17) is 51.6 Å². The van der Waals surface area contributed by atoms with Crippen LogP contribution in [0.2, 0.25) is 0 Å². The molecule has 0 aliphatic rings. The molecule has 3 aromatic rings. The van der Waals surface area contributed by atoms with Gasteiger partial charge in [0.15, 0.2) is 17.9 Å². The van der Waals surface area contributed by atoms with Crippen molar-refractivity contribution in [3.8, 4) is 0 Å². The number of aliphatic carboxylic acids is 1. The average molecular weight is 1150 g/mol. The third-order valence-corrected chi connectivity index (χ3v) is 12.7. The van der Waals surface area contributed by atoms with Crippen molar-refractivity contribution in [2.24, 2.45) is 66.6 Å². The predicted octanol–water partition coefficient (Wildman–Crippen LogP) is -4.67. The first-order valence-corrected chi connectivity index (χ1v) is 26.8. The Kier molecular flexibility index (Phi) is 29.1. The SMILES string of the molecule is C[C@H](NC(=O)[C@H](CCC(N)=O)NC(=O)[C@H](CCCN=C(N)N)NC(=O)[C@H](CCCN=C(N)N)NC(=O)[C@@H](N)Cc1c[nH]c2ccccc12)C(=O)N[C@@H](CCCN=C(N)N)C(=O)N[C@@H](Cc1ccccc1)C(=O)N[C@@H](CCCCN)C(=O)O. The number of fused-ring (bicyclic) bond motifs is 1. The van der Waals surface area contributed by atoms with Crippen LogP contribution in [0.5, 0.6) is 0 Å². The maximum atomic E-state index is 14.3. The van der Waals surface area contributed by atoms with Gasteiger partial charge in [-0.2, -0.15) is 0 Å². The van der Waals surface area contributed by atoms with E-state index >= 15 is 0 Å². The summed E-state index contributed by atoms with van der Waals surface area (Å²) in [5.41, 5.74) is 52.7. The second kappa shape index (κ2) is 35.5. The van der Waals surface area contributed by atoms with Gasteiger partial charge in [-0.05, 0) is 101 Å². The van der Waals surface area contributed by atoms with Crippen LogP contribution >= 0.6 is 0 Å². The minimum absolute atomic E-state index is 0.0105. The number of carboxylic acid groups (broad SMARTS) is 1. The van der Waals surface area contributed by atoms with Gasteiger partial charge in [0.05, 0.1) is 6.04 Å². The number of nitrogens with one attached hydrogen (secondary N) is 8. The van der Waals surface area contributed by atoms with Gasteiger partial charge >= 0.3 is 5.97 Å². The monoisotopic (exact) mass is 1150 g/mol. The Morgan fingerprint density at radius 1 is 0.500 bits per heavy atom. The summed E-state index contributed by atoms with van der Waals surface area (Å²) in [6.45, 7) is 1.70. The molecule has 2 aromatic carbocycles. The first-order chi connectivity index (χ1) is 39.0. The lowest BCUT2D eigenvalue weighted by Gasteiger charge is -2.27. The van der Waals surface area contributed by atoms with Gasteiger partial charge in [-0.25, -0.2) is 4.79 Å². The molecule has 0 fully saturated rings. The number of H-pyrrole nitrogens is 1. The second-order valence-corrected chi connectivity index (χ2v) is 19.4. The summed E-state index contributed by atoms with van der Waals surface area (Å²) in [7, 11) is 0. The minimum atomic E-state index is -1.56. The standard InChI is InChI=1S/C52H82N20O10/c1-29(42(74)67-35(17-9-23-62-50(56)57)47(79)72-40(26-30-12-3-2-4-13-30)48(80)71-39(49(81)82)16-7-8-22-53)66-44(76)38(20-21-41(55)73)70-46(78)37(19-11-25-64-52(60)61)69-45(77)36(18-10-24-63-51(58)59)68-43(75)33(54)27-31-28-65-34-15-6-5-14-32(31)34/h2-6,12-15,28-29,33,35-40,65H,7-11,16-27,53-54H2,1H3,(H2,55,73)(H,66,76)(H,67,74)(H,68,75)(H,69,77)(H,70,78)(H,71,80)(H,72,79)(H,81,82)(H4,56,57,62)(H4,58,59,63)(H4,60,61,64)/t29-,33-,35-,36-,37-,38-,39-,40-/m0/s1. The van der Waals surface area contributed by atoms with Gasteiger partial charge in [0.25, 0.3) is 0 Å². The molecule has 8 amide bonds. The van der Waals surface area contributed by atoms with Crippen molar-refractivity contribution in [3.05, 3.63) is 71.9 Å². The lowest BCUT2D eigenvalue weighted by Crippen LogP contribution is -2.60. The summed E-state index contributed by atoms with van der Waals surface area (Å²) >= 11 is 0. The molecule has 27 N–H and O–H groups in total. The number of primary amides is 1. The van der Waals surface area contributed by atoms with Gasteiger partial charge in [0.1, 0.15) is 42.3 Å². The van der Waals surface area contributed by atoms with Crippen LogP contribution in [0.4, 0.5) is 0 Å². The predicted molar refractivity (Wildman–Crippen MR) is 308 cm³/mol. The van der Waals surface area contributed by atoms with Gasteiger partial charge in [0, 0.05) is 49.6 Å². The molecule has 1 heterocycles. The van der Waals surface area contributed by atoms with Crippen LogP contribution in [0.3, 0.4) is 0 Å². The fourth-order valence-electron chi connectivity index (χ4n) is 8.36. The number of guanidine groups is 3. The fourth-order valence-corrected chi connectivity index (χ4v) is 8.36. The second-order valence-electron chi connectivity index (χ2n) is 19.4. The topological polar surface area (TPSA) is 545 Å². The van der Waals surface area contributed by atoms with Crippen molar-refractivity contribution in [2.45, 2.75) is 139 Å². The molecule has 0 aliphatic heterocycles. The number of aliphatic imine (C=N–C) groups is 3. The highest BCUT2D eigenvalue weighted by Crippen LogP contribution is 2.19. The van der Waals surface area contributed by atoms with E-state index in [1.54, 1.807) is 36.5 Å². The molecule has 0 radical (unpaired) electrons. The maximum Gasteiger partial charge on any atom is 0.326 e. The Morgan fingerprint density at radius 2 is 0.927 bits per heavy atom. The van der Waals surface area contributed by atoms with Gasteiger partial charge in [-0.3, -0.25) is 53.3 Å². The van der Waals surface area contributed by atoms with Crippen molar-refractivity contribution in [1.29, 1.82) is 0 Å². The van der Waals surface area contributed by atoms with Crippen LogP contribution in [0.25, 0.3) is 10.9 Å². The molecule has 3 rings (SSSR count). The highest BCUT2D eigenvalue weighted by atomic mass is 16.4. The number of para-hydroxylation sites is 1. The van der Waals surface area contributed by atoms with E-state index in [2.05, 4.69) is 57.2 Å². The number of carbonyl (C=O) groups is 9. The van der Waals surface area contributed by atoms with E-state index in [0.717, 1.165) is 16.5 Å². The third-order valence-electron chi connectivity index (χ3n) is 12.7. The molecule has 8 atom stereocenters. The number of hydrogen-bond acceptors (Lipinski definition) is 14. The number of aromatic nitrogens is 1. The Bertz CT molecular complexity index is 2690. The lowest BCUT2D eigenvalue weighted by atomic mass is 10.0. The molecule has 30 heteroatoms. The van der Waals surface area contributed by atoms with Crippen molar-refractivity contribution in [1.82, 2.24) is 42.2 Å². The average Bonchev–Trinajstić information content (AvgIpc) is 3.85. The van der Waals surface area contributed by atoms with Gasteiger partial charge in [-0.1, -0.05) is 48.5 Å². The molecule has 0 saturated heterocycles. The molecule has 0 spiro atoms. The molecule has 82 heavy (non-hydrogen) atoms. The lowest BCUT2D eigenvalue weighted by molar-refractivity contribution is -0.142. The largest absolute Gasteiger partial charge is 0.480 e. The maximum absolute atomic E-state index is 14.3. The van der Waals surface area contributed by atoms with E-state index in [1.807, 2.05) is 24.3 Å². The van der Waals surface area contributed by atoms with Crippen LogP contribution < -0.4 is 88.8 Å². The van der Waals surface area contributed by atoms with Crippen molar-refractivity contribution in [3.63, 3.8) is 0 Å². The Hall–Kier alpha value is -9.06. The first kappa shape index (κ1) is 67.2. The number of rotatable bonds is 38. The number of carboxylic acids is 1. The molecule has 0 bridgehead atoms. The van der Waals surface area contributed by atoms with E-state index < -0.39 is 108 Å². The summed E-state index contributed by atoms with van der Waals surface area (Å²) in [5.74, 6) is -8.82. The Balaban J connectivity index is 1.88. The summed E-state index contributed by atoms with van der Waals surface area (Å²) in [5, 5.41) is 28.8. The molecule has 450 valence electrons. The smallest absolute Gasteiger partial charge is 0.326 e. The molecule has 0 unspecified atom stereocenters. The normalized spacial score (nSPS) is 13.8. The summed E-state index contributed by atoms with van der Waals surface area (Å²) in [6.07, 6.45) is 2.11. The summed E-state index contributed by atoms with van der Waals surface area (Å²) < 4.78 is 0. The zero-order valence-electron chi connectivity index (χ0n) is 46.1. The summed E-state index contributed by atoms with van der Waals surface area (Å²) in [6, 6.07) is 5.13. The molecule has 1 aromatic heterocycles. The molecular formula is C52H82N20O10. The van der Waals surface area contributed by atoms with Crippen LogP contribution in [0, 0.1) is 0 Å². The number of nitrogens with two attached hydrogens (primary N) is 9. The summed E-state index contributed by atoms with van der Waals surface area (Å²) in [4.78, 5) is 137. The van der Waals surface area contributed by atoms with Crippen molar-refractivity contribution in [2.75, 3.05) is 26.2 Å². The van der Waals surface area contributed by atoms with Crippen LogP contribution in [-0.2, 0) is 56.0 Å². The highest BCUT2D eigenvalue weighted by Gasteiger charge is 2.34. The first-order valence-electron chi connectivity index (χ1n) is 26.8. The number of aromatic amines is 1. The molecule has 0 saturated carbocycles. The Morgan fingerprint density at radius 3 is 1.43 bits per heavy atom. The number of hydrogen-bond donors (Lipinski definition) is 18. The van der Waals surface area contributed by atoms with Crippen LogP contribution in [-0.4, -0.2) is 156 Å². The zero-order chi connectivity index (χ0) is 60.7. The number of amides is 8.